The van der Waals surface area contributed by atoms with Crippen LogP contribution in [-0.4, -0.2) is 12.5 Å². The van der Waals surface area contributed by atoms with Crippen LogP contribution in [0.25, 0.3) is 10.8 Å². The molecule has 4 rings (SSSR count). The van der Waals surface area contributed by atoms with E-state index in [0.717, 1.165) is 26.5 Å². The van der Waals surface area contributed by atoms with Crippen molar-refractivity contribution in [2.75, 3.05) is 11.4 Å². The van der Waals surface area contributed by atoms with Gasteiger partial charge in [0, 0.05) is 27.5 Å². The molecule has 0 bridgehead atoms. The van der Waals surface area contributed by atoms with Crippen LogP contribution in [0, 0.1) is 5.82 Å². The number of rotatable bonds is 3. The molecule has 0 saturated heterocycles. The van der Waals surface area contributed by atoms with Crippen molar-refractivity contribution < 1.29 is 9.18 Å². The first-order chi connectivity index (χ1) is 13.0. The third-order valence-electron chi connectivity index (χ3n) is 4.93. The van der Waals surface area contributed by atoms with E-state index >= 15 is 0 Å². The number of hydrogen-bond donors (Lipinski definition) is 0. The number of nitrogens with zero attached hydrogens (tertiary/aromatic N) is 1. The molecule has 0 spiro atoms. The summed E-state index contributed by atoms with van der Waals surface area (Å²) < 4.78 is 15.5. The lowest BCUT2D eigenvalue weighted by Gasteiger charge is -2.35. The number of carbonyl (C=O) groups excluding carboxylic acids is 1. The summed E-state index contributed by atoms with van der Waals surface area (Å²) in [4.78, 5) is 14.5. The second-order valence-electron chi connectivity index (χ2n) is 6.64. The van der Waals surface area contributed by atoms with Crippen molar-refractivity contribution in [3.8, 4) is 0 Å². The van der Waals surface area contributed by atoms with E-state index in [0.29, 0.717) is 10.6 Å². The Bertz CT molecular complexity index is 1080. The monoisotopic (exact) mass is 443 g/mol. The molecule has 3 aromatic carbocycles. The maximum Gasteiger partial charge on any atom is 0.228 e. The number of anilines is 1. The SMILES string of the molecule is C=C(Cl)CN1C(=O)CC(c2cc(Br)ccc2F)c2c1ccc1ccccc21. The third kappa shape index (κ3) is 3.28. The van der Waals surface area contributed by atoms with Crippen LogP contribution >= 0.6 is 27.5 Å². The fourth-order valence-electron chi connectivity index (χ4n) is 3.80. The van der Waals surface area contributed by atoms with Crippen molar-refractivity contribution in [3.63, 3.8) is 0 Å². The Kier molecular flexibility index (Phi) is 4.79. The zero-order chi connectivity index (χ0) is 19.1. The minimum Gasteiger partial charge on any atom is -0.307 e. The van der Waals surface area contributed by atoms with E-state index in [1.165, 1.54) is 6.07 Å². The van der Waals surface area contributed by atoms with Crippen molar-refractivity contribution >= 4 is 49.9 Å². The largest absolute Gasteiger partial charge is 0.307 e. The zero-order valence-corrected chi connectivity index (χ0v) is 16.7. The summed E-state index contributed by atoms with van der Waals surface area (Å²) in [6.07, 6.45) is 0.179. The van der Waals surface area contributed by atoms with E-state index in [2.05, 4.69) is 22.5 Å². The Hall–Kier alpha value is -2.17. The van der Waals surface area contributed by atoms with Crippen molar-refractivity contribution in [2.45, 2.75) is 12.3 Å². The lowest BCUT2D eigenvalue weighted by Crippen LogP contribution is -2.38. The molecular formula is C22H16BrClFNO. The molecule has 1 unspecified atom stereocenters. The van der Waals surface area contributed by atoms with Crippen LogP contribution in [-0.2, 0) is 4.79 Å². The van der Waals surface area contributed by atoms with Crippen molar-refractivity contribution in [2.24, 2.45) is 0 Å². The molecular weight excluding hydrogens is 429 g/mol. The first-order valence-electron chi connectivity index (χ1n) is 8.56. The number of carbonyl (C=O) groups is 1. The molecule has 136 valence electrons. The van der Waals surface area contributed by atoms with Gasteiger partial charge in [-0.1, -0.05) is 64.4 Å². The summed E-state index contributed by atoms with van der Waals surface area (Å²) in [6.45, 7) is 3.96. The maximum atomic E-state index is 14.7. The second kappa shape index (κ2) is 7.10. The van der Waals surface area contributed by atoms with Crippen molar-refractivity contribution in [3.05, 3.63) is 87.6 Å². The first kappa shape index (κ1) is 18.2. The minimum absolute atomic E-state index is 0.0936. The van der Waals surface area contributed by atoms with Gasteiger partial charge in [0.1, 0.15) is 5.82 Å². The van der Waals surface area contributed by atoms with Gasteiger partial charge in [-0.15, -0.1) is 0 Å². The van der Waals surface area contributed by atoms with Crippen LogP contribution in [0.4, 0.5) is 10.1 Å². The van der Waals surface area contributed by atoms with Crippen molar-refractivity contribution in [1.29, 1.82) is 0 Å². The Morgan fingerprint density at radius 2 is 2.00 bits per heavy atom. The Balaban J connectivity index is 2.00. The molecule has 27 heavy (non-hydrogen) atoms. The Morgan fingerprint density at radius 3 is 2.78 bits per heavy atom. The van der Waals surface area contributed by atoms with Crippen LogP contribution in [0.1, 0.15) is 23.5 Å². The molecule has 1 aliphatic rings. The smallest absolute Gasteiger partial charge is 0.228 e. The van der Waals surface area contributed by atoms with E-state index in [1.54, 1.807) is 17.0 Å². The molecule has 0 radical (unpaired) electrons. The molecule has 0 aliphatic carbocycles. The third-order valence-corrected chi connectivity index (χ3v) is 5.54. The van der Waals surface area contributed by atoms with E-state index in [1.807, 2.05) is 36.4 Å². The van der Waals surface area contributed by atoms with Crippen LogP contribution in [0.15, 0.2) is 70.7 Å². The Morgan fingerprint density at radius 1 is 1.22 bits per heavy atom. The fraction of sp³-hybridized carbons (Fsp3) is 0.136. The van der Waals surface area contributed by atoms with Gasteiger partial charge in [0.05, 0.1) is 6.54 Å². The van der Waals surface area contributed by atoms with Gasteiger partial charge < -0.3 is 4.90 Å². The van der Waals surface area contributed by atoms with Crippen LogP contribution < -0.4 is 4.90 Å². The molecule has 2 nitrogen and oxygen atoms in total. The molecule has 1 atom stereocenters. The molecule has 3 aromatic rings. The standard InChI is InChI=1S/C22H16BrClFNO/c1-13(24)12-26-20-9-6-14-4-2-3-5-16(14)22(20)18(11-21(26)27)17-10-15(23)7-8-19(17)25/h2-10,18H,1,11-12H2. The fourth-order valence-corrected chi connectivity index (χ4v) is 4.30. The van der Waals surface area contributed by atoms with Gasteiger partial charge in [-0.3, -0.25) is 4.79 Å². The second-order valence-corrected chi connectivity index (χ2v) is 8.09. The maximum absolute atomic E-state index is 14.7. The molecule has 0 saturated carbocycles. The molecule has 0 aromatic heterocycles. The predicted molar refractivity (Wildman–Crippen MR) is 112 cm³/mol. The molecule has 1 aliphatic heterocycles. The van der Waals surface area contributed by atoms with E-state index in [-0.39, 0.29) is 30.6 Å². The van der Waals surface area contributed by atoms with Crippen LogP contribution in [0.5, 0.6) is 0 Å². The first-order valence-corrected chi connectivity index (χ1v) is 9.73. The normalized spacial score (nSPS) is 16.5. The zero-order valence-electron chi connectivity index (χ0n) is 14.4. The molecule has 5 heteroatoms. The molecule has 1 heterocycles. The Labute approximate surface area is 170 Å². The number of benzene rings is 3. The summed E-state index contributed by atoms with van der Waals surface area (Å²) in [5.41, 5.74) is 2.22. The highest BCUT2D eigenvalue weighted by molar-refractivity contribution is 9.10. The lowest BCUT2D eigenvalue weighted by atomic mass is 9.81. The number of hydrogen-bond acceptors (Lipinski definition) is 1. The highest BCUT2D eigenvalue weighted by Gasteiger charge is 2.35. The molecule has 0 N–H and O–H groups in total. The van der Waals surface area contributed by atoms with Gasteiger partial charge in [0.15, 0.2) is 0 Å². The predicted octanol–water partition coefficient (Wildman–Crippen LogP) is 6.36. The van der Waals surface area contributed by atoms with Crippen LogP contribution in [0.3, 0.4) is 0 Å². The summed E-state index contributed by atoms with van der Waals surface area (Å²) >= 11 is 9.43. The summed E-state index contributed by atoms with van der Waals surface area (Å²) in [6, 6.07) is 16.7. The number of fused-ring (bicyclic) bond motifs is 3. The van der Waals surface area contributed by atoms with Gasteiger partial charge in [-0.25, -0.2) is 4.39 Å². The summed E-state index contributed by atoms with van der Waals surface area (Å²) in [5.74, 6) is -0.773. The number of halogens is 3. The van der Waals surface area contributed by atoms with Gasteiger partial charge >= 0.3 is 0 Å². The van der Waals surface area contributed by atoms with Gasteiger partial charge in [-0.05, 0) is 46.2 Å². The average Bonchev–Trinajstić information content (AvgIpc) is 2.65. The highest BCUT2D eigenvalue weighted by atomic mass is 79.9. The summed E-state index contributed by atoms with van der Waals surface area (Å²) in [5, 5.41) is 2.45. The van der Waals surface area contributed by atoms with Gasteiger partial charge in [0.25, 0.3) is 0 Å². The van der Waals surface area contributed by atoms with Gasteiger partial charge in [0.2, 0.25) is 5.91 Å². The average molecular weight is 445 g/mol. The lowest BCUT2D eigenvalue weighted by molar-refractivity contribution is -0.119. The number of amides is 1. The molecule has 0 fully saturated rings. The van der Waals surface area contributed by atoms with E-state index in [9.17, 15) is 9.18 Å². The minimum atomic E-state index is -0.365. The topological polar surface area (TPSA) is 20.3 Å². The highest BCUT2D eigenvalue weighted by Crippen LogP contribution is 2.45. The molecule has 1 amide bonds. The quantitative estimate of drug-likeness (QED) is 0.460. The summed E-state index contributed by atoms with van der Waals surface area (Å²) in [7, 11) is 0. The van der Waals surface area contributed by atoms with Crippen LogP contribution in [0.2, 0.25) is 0 Å². The van der Waals surface area contributed by atoms with E-state index < -0.39 is 0 Å². The van der Waals surface area contributed by atoms with Crippen molar-refractivity contribution in [1.82, 2.24) is 0 Å². The van der Waals surface area contributed by atoms with Gasteiger partial charge in [-0.2, -0.15) is 0 Å². The van der Waals surface area contributed by atoms with E-state index in [4.69, 9.17) is 11.6 Å².